The van der Waals surface area contributed by atoms with Crippen molar-refractivity contribution in [3.63, 3.8) is 0 Å². The van der Waals surface area contributed by atoms with Gasteiger partial charge in [-0.1, -0.05) is 157 Å². The minimum Gasteiger partial charge on any atom is -0.455 e. The molecule has 0 saturated carbocycles. The first-order chi connectivity index (χ1) is 29.0. The molecule has 0 bridgehead atoms. The van der Waals surface area contributed by atoms with E-state index in [-0.39, 0.29) is 56.8 Å². The van der Waals surface area contributed by atoms with E-state index in [4.69, 9.17) is 22.2 Å². The normalized spacial score (nSPS) is 16.5. The fraction of sp³-hybridized carbons (Fsp3) is 0. The molecule has 0 saturated heterocycles. The first-order valence-corrected chi connectivity index (χ1v) is 14.1. The highest BCUT2D eigenvalue weighted by atomic mass is 16.3. The van der Waals surface area contributed by atoms with Crippen LogP contribution in [0.25, 0.3) is 88.0 Å². The Kier molecular flexibility index (Phi) is 3.28. The fourth-order valence-corrected chi connectivity index (χ4v) is 6.00. The van der Waals surface area contributed by atoms with E-state index < -0.39 is 84.1 Å². The maximum atomic E-state index is 9.65. The number of hydrogen-bond donors (Lipinski definition) is 0. The van der Waals surface area contributed by atoms with Crippen LogP contribution >= 0.6 is 0 Å². The molecule has 45 heavy (non-hydrogen) atoms. The summed E-state index contributed by atoms with van der Waals surface area (Å²) in [5.41, 5.74) is 1.04. The highest BCUT2D eigenvalue weighted by Crippen LogP contribution is 2.45. The van der Waals surface area contributed by atoms with Crippen molar-refractivity contribution in [1.82, 2.24) is 0 Å². The van der Waals surface area contributed by atoms with E-state index in [0.717, 1.165) is 11.1 Å². The third-order valence-electron chi connectivity index (χ3n) is 7.96. The Morgan fingerprint density at radius 3 is 1.56 bits per heavy atom. The van der Waals surface area contributed by atoms with Crippen LogP contribution in [0, 0.1) is 0 Å². The van der Waals surface area contributed by atoms with Crippen LogP contribution in [-0.4, -0.2) is 0 Å². The molecule has 1 nitrogen and oxygen atoms in total. The molecule has 0 aliphatic carbocycles. The first-order valence-electron chi connectivity index (χ1n) is 22.1. The van der Waals surface area contributed by atoms with Gasteiger partial charge in [0, 0.05) is 16.3 Å². The second kappa shape index (κ2) is 10.4. The molecule has 1 aromatic heterocycles. The van der Waals surface area contributed by atoms with Crippen LogP contribution in [-0.2, 0) is 0 Å². The molecule has 0 amide bonds. The van der Waals surface area contributed by atoms with Gasteiger partial charge in [0.1, 0.15) is 11.2 Å². The van der Waals surface area contributed by atoms with E-state index >= 15 is 0 Å². The lowest BCUT2D eigenvalue weighted by molar-refractivity contribution is 0.670. The zero-order chi connectivity index (χ0) is 43.7. The van der Waals surface area contributed by atoms with Crippen LogP contribution in [0.4, 0.5) is 0 Å². The lowest BCUT2D eigenvalue weighted by Gasteiger charge is -2.18. The number of para-hydroxylation sites is 1. The number of rotatable bonds is 4. The predicted octanol–water partition coefficient (Wildman–Crippen LogP) is 12.6. The zero-order valence-electron chi connectivity index (χ0n) is 39.3. The van der Waals surface area contributed by atoms with Crippen molar-refractivity contribution in [2.45, 2.75) is 0 Å². The van der Waals surface area contributed by atoms with Crippen LogP contribution in [0.1, 0.15) is 21.9 Å². The zero-order valence-corrected chi connectivity index (χ0v) is 23.3. The Labute approximate surface area is 284 Å². The number of furan rings is 1. The average Bonchev–Trinajstić information content (AvgIpc) is 3.67. The molecule has 9 aromatic rings. The van der Waals surface area contributed by atoms with Gasteiger partial charge in [-0.15, -0.1) is 0 Å². The molecule has 0 unspecified atom stereocenters. The lowest BCUT2D eigenvalue weighted by Crippen LogP contribution is -1.91. The van der Waals surface area contributed by atoms with Crippen LogP contribution in [0.3, 0.4) is 0 Å². The molecule has 210 valence electrons. The summed E-state index contributed by atoms with van der Waals surface area (Å²) in [6.45, 7) is 0. The molecule has 0 N–H and O–H groups in total. The van der Waals surface area contributed by atoms with E-state index in [9.17, 15) is 4.11 Å². The molecule has 0 fully saturated rings. The van der Waals surface area contributed by atoms with Crippen molar-refractivity contribution < 1.29 is 26.3 Å². The van der Waals surface area contributed by atoms with Crippen molar-refractivity contribution in [2.24, 2.45) is 0 Å². The maximum absolute atomic E-state index is 9.65. The SMILES string of the molecule is [2H]c1c([2H])c([2H])c(-c2ccc(-c3c4ccccc4c(-c4c([2H])c([2H])c5c(oc6c(-c7c([2H])c([2H])c([2H])c([2H])c7[2H])c([2H])c([2H])c([2H])c65)c4[2H])c4ccccc34)cc2)c([2H])c1[2H]. The standard InChI is InChI=1S/C44H28O/c1-3-12-29(13-4-1)30-22-24-32(25-23-30)42-36-16-7-9-18-38(36)43(39-19-10-8-17-37(39)42)33-26-27-35-40-21-11-20-34(31-14-5-2-6-15-31)44(40)45-41(35)28-33/h1-28H/i1D,2D,3D,4D,5D,6D,11D,12D,13D,14D,15D,20D,21D,26D,27D,28D. The second-order valence-electron chi connectivity index (χ2n) is 10.4. The molecular formula is C44H28O. The lowest BCUT2D eigenvalue weighted by atomic mass is 9.85. The van der Waals surface area contributed by atoms with Crippen LogP contribution in [0.5, 0.6) is 0 Å². The van der Waals surface area contributed by atoms with Gasteiger partial charge in [0.05, 0.1) is 21.9 Å². The van der Waals surface area contributed by atoms with Crippen LogP contribution in [0.15, 0.2) is 174 Å². The smallest absolute Gasteiger partial charge is 0.143 e. The van der Waals surface area contributed by atoms with Gasteiger partial charge in [0.25, 0.3) is 0 Å². The Bertz CT molecular complexity index is 3310. The summed E-state index contributed by atoms with van der Waals surface area (Å²) in [5.74, 6) is 0. The first kappa shape index (κ1) is 14.2. The van der Waals surface area contributed by atoms with E-state index in [1.807, 2.05) is 36.4 Å². The molecule has 1 heteroatoms. The quantitative estimate of drug-likeness (QED) is 0.186. The molecule has 1 heterocycles. The van der Waals surface area contributed by atoms with Crippen molar-refractivity contribution in [3.8, 4) is 44.5 Å². The molecular weight excluding hydrogens is 544 g/mol. The van der Waals surface area contributed by atoms with Crippen molar-refractivity contribution in [3.05, 3.63) is 169 Å². The summed E-state index contributed by atoms with van der Waals surface area (Å²) in [5, 5.41) is 2.25. The molecule has 9 rings (SSSR count). The average molecular weight is 589 g/mol. The number of fused-ring (bicyclic) bond motifs is 5. The molecule has 0 atom stereocenters. The Morgan fingerprint density at radius 1 is 0.378 bits per heavy atom. The molecule has 0 radical (unpaired) electrons. The minimum absolute atomic E-state index is 0.0140. The van der Waals surface area contributed by atoms with Crippen LogP contribution < -0.4 is 0 Å². The summed E-state index contributed by atoms with van der Waals surface area (Å²) in [6, 6.07) is 13.2. The number of benzene rings is 8. The molecule has 0 aliphatic heterocycles. The Hall–Kier alpha value is -5.92. The van der Waals surface area contributed by atoms with Gasteiger partial charge in [0.2, 0.25) is 0 Å². The highest BCUT2D eigenvalue weighted by Gasteiger charge is 2.18. The summed E-state index contributed by atoms with van der Waals surface area (Å²) in [4.78, 5) is 0. The second-order valence-corrected chi connectivity index (χ2v) is 10.4. The fourth-order valence-electron chi connectivity index (χ4n) is 6.00. The van der Waals surface area contributed by atoms with Gasteiger partial charge in [0.15, 0.2) is 0 Å². The summed E-state index contributed by atoms with van der Waals surface area (Å²) >= 11 is 0. The monoisotopic (exact) mass is 588 g/mol. The van der Waals surface area contributed by atoms with E-state index in [1.54, 1.807) is 36.4 Å². The summed E-state index contributed by atoms with van der Waals surface area (Å²) in [6.07, 6.45) is 0. The molecule has 8 aromatic carbocycles. The third-order valence-corrected chi connectivity index (χ3v) is 7.96. The Balaban J connectivity index is 1.34. The van der Waals surface area contributed by atoms with E-state index in [0.29, 0.717) is 32.7 Å². The number of hydrogen-bond acceptors (Lipinski definition) is 1. The maximum Gasteiger partial charge on any atom is 0.143 e. The van der Waals surface area contributed by atoms with Gasteiger partial charge < -0.3 is 4.42 Å². The van der Waals surface area contributed by atoms with Gasteiger partial charge in [-0.2, -0.15) is 0 Å². The third kappa shape index (κ3) is 4.17. The van der Waals surface area contributed by atoms with Gasteiger partial charge in [-0.05, 0) is 72.6 Å². The molecule has 0 aliphatic rings. The van der Waals surface area contributed by atoms with Crippen molar-refractivity contribution in [2.75, 3.05) is 0 Å². The molecule has 0 spiro atoms. The minimum atomic E-state index is -0.688. The summed E-state index contributed by atoms with van der Waals surface area (Å²) in [7, 11) is 0. The van der Waals surface area contributed by atoms with E-state index in [2.05, 4.69) is 0 Å². The summed E-state index contributed by atoms with van der Waals surface area (Å²) < 4.78 is 144. The van der Waals surface area contributed by atoms with Crippen molar-refractivity contribution >= 4 is 43.5 Å². The van der Waals surface area contributed by atoms with Gasteiger partial charge in [-0.3, -0.25) is 0 Å². The highest BCUT2D eigenvalue weighted by molar-refractivity contribution is 6.22. The topological polar surface area (TPSA) is 13.1 Å². The van der Waals surface area contributed by atoms with Gasteiger partial charge >= 0.3 is 0 Å². The predicted molar refractivity (Wildman–Crippen MR) is 190 cm³/mol. The van der Waals surface area contributed by atoms with E-state index in [1.165, 1.54) is 0 Å². The largest absolute Gasteiger partial charge is 0.455 e. The van der Waals surface area contributed by atoms with Crippen molar-refractivity contribution in [1.29, 1.82) is 0 Å². The van der Waals surface area contributed by atoms with Gasteiger partial charge in [-0.25, -0.2) is 0 Å². The Morgan fingerprint density at radius 2 is 0.933 bits per heavy atom. The van der Waals surface area contributed by atoms with Crippen LogP contribution in [0.2, 0.25) is 0 Å².